The van der Waals surface area contributed by atoms with Crippen molar-refractivity contribution in [1.29, 1.82) is 0 Å². The number of phosphoric acid groups is 2. The van der Waals surface area contributed by atoms with Gasteiger partial charge in [0, 0.05) is 12.6 Å². The van der Waals surface area contributed by atoms with Crippen molar-refractivity contribution in [2.75, 3.05) is 11.6 Å². The molecule has 1 fully saturated rings. The van der Waals surface area contributed by atoms with Gasteiger partial charge in [-0.15, -0.1) is 11.6 Å². The van der Waals surface area contributed by atoms with Crippen LogP contribution in [-0.4, -0.2) is 63.9 Å². The smallest absolute Gasteiger partial charge is 0.387 e. The lowest BCUT2D eigenvalue weighted by atomic mass is 9.94. The minimum atomic E-state index is -5.96. The van der Waals surface area contributed by atoms with Gasteiger partial charge in [0.2, 0.25) is 5.91 Å². The van der Waals surface area contributed by atoms with Gasteiger partial charge in [0.15, 0.2) is 12.4 Å². The molecule has 32 heavy (non-hydrogen) atoms. The number of nitrogens with zero attached hydrogens (tertiary/aromatic N) is 2. The molecule has 1 aromatic rings. The van der Waals surface area contributed by atoms with E-state index in [9.17, 15) is 37.3 Å². The van der Waals surface area contributed by atoms with E-state index < -0.39 is 71.2 Å². The number of aromatic nitrogens is 2. The lowest BCUT2D eigenvalue weighted by Gasteiger charge is -2.31. The summed E-state index contributed by atoms with van der Waals surface area (Å²) in [6.45, 7) is 0. The summed E-state index contributed by atoms with van der Waals surface area (Å²) in [5.74, 6) is -4.33. The first kappa shape index (κ1) is 27.4. The minimum absolute atomic E-state index is 0.225. The Hall–Kier alpha value is -0.800. The first-order valence-corrected chi connectivity index (χ1v) is 13.3. The summed E-state index contributed by atoms with van der Waals surface area (Å²) in [5.41, 5.74) is 1.74. The average Bonchev–Trinajstić information content (AvgIpc) is 2.84. The predicted molar refractivity (Wildman–Crippen MR) is 101 cm³/mol. The molecule has 21 heteroatoms. The second-order valence-corrected chi connectivity index (χ2v) is 11.6. The standard InChI is InChI=1S/C11H17ClF2N3O12P3/c12-4-11(3-5(13)30(20,21)28-32(25,26)29-31(22,23)24)8(18)7(14)9(27-11)17-2-1-6(15)16-10(17)19/h1-2,5,7-9,18H,3-4H2,(H,20,21)(H,25,26)(H2,15,16,19)(H2,22,23,24)/t5-,7-,8+,9-,11+/m1/s1. The molecule has 0 bridgehead atoms. The Balaban J connectivity index is 2.28. The first-order valence-electron chi connectivity index (χ1n) is 8.11. The van der Waals surface area contributed by atoms with Crippen molar-refractivity contribution in [3.63, 3.8) is 0 Å². The van der Waals surface area contributed by atoms with Gasteiger partial charge >= 0.3 is 28.9 Å². The zero-order chi connectivity index (χ0) is 24.7. The SMILES string of the molecule is Nc1ccn([C@@H]2O[C@](CCl)(C[C@H](F)P(=O)(O)OP(=O)(O)OP(=O)(O)O)[C@@H](O)[C@H]2F)c(=O)n1. The fraction of sp³-hybridized carbons (Fsp3) is 0.636. The third kappa shape index (κ3) is 6.20. The number of nitrogen functional groups attached to an aromatic ring is 1. The molecule has 1 aliphatic rings. The van der Waals surface area contributed by atoms with Gasteiger partial charge in [0.25, 0.3) is 0 Å². The van der Waals surface area contributed by atoms with Crippen LogP contribution in [0.5, 0.6) is 0 Å². The van der Waals surface area contributed by atoms with Crippen LogP contribution in [0.4, 0.5) is 14.6 Å². The fourth-order valence-corrected chi connectivity index (χ4v) is 6.66. The monoisotopic (exact) mass is 549 g/mol. The summed E-state index contributed by atoms with van der Waals surface area (Å²) in [5, 5.41) is 10.2. The van der Waals surface area contributed by atoms with Crippen molar-refractivity contribution >= 4 is 40.7 Å². The summed E-state index contributed by atoms with van der Waals surface area (Å²) >= 11 is 5.67. The molecule has 0 saturated carbocycles. The highest BCUT2D eigenvalue weighted by Gasteiger charge is 2.59. The molecule has 15 nitrogen and oxygen atoms in total. The molecule has 1 aromatic heterocycles. The maximum Gasteiger partial charge on any atom is 0.488 e. The van der Waals surface area contributed by atoms with Crippen molar-refractivity contribution in [3.05, 3.63) is 22.7 Å². The highest BCUT2D eigenvalue weighted by atomic mass is 35.5. The van der Waals surface area contributed by atoms with E-state index in [4.69, 9.17) is 36.8 Å². The molecule has 184 valence electrons. The Labute approximate surface area is 182 Å². The van der Waals surface area contributed by atoms with Gasteiger partial charge in [-0.05, 0) is 6.07 Å². The molecule has 1 aliphatic heterocycles. The third-order valence-electron chi connectivity index (χ3n) is 4.12. The maximum atomic E-state index is 14.7. The number of alkyl halides is 3. The fourth-order valence-electron chi connectivity index (χ4n) is 2.73. The van der Waals surface area contributed by atoms with E-state index >= 15 is 0 Å². The zero-order valence-electron chi connectivity index (χ0n) is 15.4. The second-order valence-electron chi connectivity index (χ2n) is 6.46. The summed E-state index contributed by atoms with van der Waals surface area (Å²) in [7, 11) is -17.5. The molecule has 0 spiro atoms. The number of rotatable bonds is 9. The van der Waals surface area contributed by atoms with Crippen molar-refractivity contribution in [3.8, 4) is 0 Å². The normalized spacial score (nSPS) is 31.1. The van der Waals surface area contributed by atoms with E-state index in [1.807, 2.05) is 0 Å². The molecule has 7 atom stereocenters. The molecule has 2 rings (SSSR count). The van der Waals surface area contributed by atoms with Crippen LogP contribution in [0, 0.1) is 0 Å². The molecule has 0 radical (unpaired) electrons. The number of aliphatic hydroxyl groups is 1. The van der Waals surface area contributed by atoms with E-state index in [1.165, 1.54) is 0 Å². The second kappa shape index (κ2) is 9.45. The number of aliphatic hydroxyl groups excluding tert-OH is 1. The van der Waals surface area contributed by atoms with E-state index in [2.05, 4.69) is 13.6 Å². The van der Waals surface area contributed by atoms with Crippen LogP contribution in [0.25, 0.3) is 0 Å². The number of hydrogen-bond donors (Lipinski definition) is 6. The number of hydrogen-bond acceptors (Lipinski definition) is 10. The van der Waals surface area contributed by atoms with Gasteiger partial charge in [-0.3, -0.25) is 9.13 Å². The van der Waals surface area contributed by atoms with Crippen LogP contribution in [0.1, 0.15) is 12.6 Å². The van der Waals surface area contributed by atoms with Gasteiger partial charge in [-0.2, -0.15) is 9.29 Å². The van der Waals surface area contributed by atoms with Crippen LogP contribution >= 0.6 is 34.8 Å². The topological polar surface area (TPSA) is 241 Å². The van der Waals surface area contributed by atoms with E-state index in [0.29, 0.717) is 4.57 Å². The maximum absolute atomic E-state index is 14.7. The number of ether oxygens (including phenoxy) is 1. The molecule has 0 aromatic carbocycles. The van der Waals surface area contributed by atoms with Crippen LogP contribution < -0.4 is 11.4 Å². The lowest BCUT2D eigenvalue weighted by Crippen LogP contribution is -2.46. The van der Waals surface area contributed by atoms with E-state index in [1.54, 1.807) is 0 Å². The quantitative estimate of drug-likeness (QED) is 0.177. The molecule has 0 amide bonds. The number of halogens is 3. The summed E-state index contributed by atoms with van der Waals surface area (Å²) in [4.78, 5) is 51.0. The minimum Gasteiger partial charge on any atom is -0.387 e. The molecule has 2 unspecified atom stereocenters. The Kier molecular flexibility index (Phi) is 8.10. The number of anilines is 1. The first-order chi connectivity index (χ1) is 14.4. The molecule has 7 N–H and O–H groups in total. The Morgan fingerprint density at radius 1 is 1.31 bits per heavy atom. The van der Waals surface area contributed by atoms with Crippen LogP contribution in [0.3, 0.4) is 0 Å². The average molecular weight is 550 g/mol. The van der Waals surface area contributed by atoms with Crippen LogP contribution in [0.2, 0.25) is 0 Å². The summed E-state index contributed by atoms with van der Waals surface area (Å²) in [6.07, 6.45) is -7.09. The van der Waals surface area contributed by atoms with E-state index in [-0.39, 0.29) is 5.82 Å². The zero-order valence-corrected chi connectivity index (χ0v) is 18.9. The van der Waals surface area contributed by atoms with Crippen molar-refractivity contribution in [2.24, 2.45) is 0 Å². The van der Waals surface area contributed by atoms with Gasteiger partial charge in [0.05, 0.1) is 5.88 Å². The highest BCUT2D eigenvalue weighted by molar-refractivity contribution is 7.68. The lowest BCUT2D eigenvalue weighted by molar-refractivity contribution is -0.100. The highest BCUT2D eigenvalue weighted by Crippen LogP contribution is 2.68. The summed E-state index contributed by atoms with van der Waals surface area (Å²) < 4.78 is 76.1. The molecule has 0 aliphatic carbocycles. The van der Waals surface area contributed by atoms with Gasteiger partial charge in [-0.1, -0.05) is 0 Å². The Bertz CT molecular complexity index is 1060. The molecule has 1 saturated heterocycles. The van der Waals surface area contributed by atoms with Crippen LogP contribution in [0.15, 0.2) is 17.1 Å². The Morgan fingerprint density at radius 3 is 2.41 bits per heavy atom. The van der Waals surface area contributed by atoms with Crippen molar-refractivity contribution in [1.82, 2.24) is 9.55 Å². The van der Waals surface area contributed by atoms with Gasteiger partial charge < -0.3 is 35.2 Å². The van der Waals surface area contributed by atoms with Crippen molar-refractivity contribution < 1.29 is 60.5 Å². The third-order valence-corrected chi connectivity index (χ3v) is 8.90. The number of nitrogens with two attached hydrogens (primary N) is 1. The molecular formula is C11H17ClF2N3O12P3. The van der Waals surface area contributed by atoms with E-state index in [0.717, 1.165) is 12.3 Å². The Morgan fingerprint density at radius 2 is 1.91 bits per heavy atom. The summed E-state index contributed by atoms with van der Waals surface area (Å²) in [6, 6.07) is 1.08. The molecular weight excluding hydrogens is 533 g/mol. The largest absolute Gasteiger partial charge is 0.488 e. The van der Waals surface area contributed by atoms with Crippen LogP contribution in [-0.2, 0) is 27.1 Å². The van der Waals surface area contributed by atoms with Gasteiger partial charge in [-0.25, -0.2) is 27.0 Å². The van der Waals surface area contributed by atoms with Crippen molar-refractivity contribution in [2.45, 2.75) is 36.4 Å². The predicted octanol–water partition coefficient (Wildman–Crippen LogP) is 0.128. The molecule has 2 heterocycles. The van der Waals surface area contributed by atoms with Gasteiger partial charge in [0.1, 0.15) is 17.5 Å².